The van der Waals surface area contributed by atoms with Crippen LogP contribution in [0, 0.1) is 5.92 Å². The Labute approximate surface area is 116 Å². The van der Waals surface area contributed by atoms with Crippen LogP contribution in [0.1, 0.15) is 39.5 Å². The molecule has 0 spiro atoms. The quantitative estimate of drug-likeness (QED) is 0.706. The summed E-state index contributed by atoms with van der Waals surface area (Å²) in [6.45, 7) is 5.26. The predicted molar refractivity (Wildman–Crippen MR) is 76.1 cm³/mol. The number of alkyl halides is 1. The summed E-state index contributed by atoms with van der Waals surface area (Å²) in [6.07, 6.45) is 3.45. The monoisotopic (exact) mass is 296 g/mol. The van der Waals surface area contributed by atoms with Gasteiger partial charge in [0.25, 0.3) is 10.2 Å². The summed E-state index contributed by atoms with van der Waals surface area (Å²) in [5.41, 5.74) is 0. The van der Waals surface area contributed by atoms with E-state index in [1.807, 2.05) is 13.8 Å². The summed E-state index contributed by atoms with van der Waals surface area (Å²) in [6, 6.07) is 0.0979. The second-order valence-corrected chi connectivity index (χ2v) is 7.29. The predicted octanol–water partition coefficient (Wildman–Crippen LogP) is 2.30. The lowest BCUT2D eigenvalue weighted by molar-refractivity contribution is 0.255. The van der Waals surface area contributed by atoms with Crippen LogP contribution in [0.15, 0.2) is 0 Å². The molecular formula is C12H25ClN2O2S. The van der Waals surface area contributed by atoms with E-state index in [9.17, 15) is 8.42 Å². The van der Waals surface area contributed by atoms with Crippen molar-refractivity contribution in [3.8, 4) is 0 Å². The molecule has 0 aromatic heterocycles. The Hall–Kier alpha value is 0.160. The molecule has 1 saturated heterocycles. The van der Waals surface area contributed by atoms with Crippen molar-refractivity contribution in [1.29, 1.82) is 0 Å². The third kappa shape index (κ3) is 3.59. The molecule has 1 aliphatic heterocycles. The lowest BCUT2D eigenvalue weighted by Gasteiger charge is -2.35. The highest BCUT2D eigenvalue weighted by Crippen LogP contribution is 2.23. The van der Waals surface area contributed by atoms with Crippen LogP contribution in [0.4, 0.5) is 0 Å². The Morgan fingerprint density at radius 1 is 1.28 bits per heavy atom. The topological polar surface area (TPSA) is 40.6 Å². The van der Waals surface area contributed by atoms with E-state index in [1.54, 1.807) is 11.4 Å². The Bertz CT molecular complexity index is 336. The zero-order valence-corrected chi connectivity index (χ0v) is 13.2. The first-order chi connectivity index (χ1) is 8.47. The van der Waals surface area contributed by atoms with E-state index in [2.05, 4.69) is 0 Å². The molecule has 0 saturated carbocycles. The van der Waals surface area contributed by atoms with Crippen molar-refractivity contribution >= 4 is 21.8 Å². The SMILES string of the molecule is CCC(CC)N(C)S(=O)(=O)N1CCC(CCl)CC1. The highest BCUT2D eigenvalue weighted by Gasteiger charge is 2.33. The second-order valence-electron chi connectivity index (χ2n) is 4.99. The van der Waals surface area contributed by atoms with Gasteiger partial charge in [-0.1, -0.05) is 13.8 Å². The van der Waals surface area contributed by atoms with E-state index in [0.717, 1.165) is 25.7 Å². The Kier molecular flexibility index (Phi) is 6.38. The van der Waals surface area contributed by atoms with Crippen LogP contribution in [0.5, 0.6) is 0 Å². The van der Waals surface area contributed by atoms with Crippen LogP contribution in [0.25, 0.3) is 0 Å². The third-order valence-corrected chi connectivity index (χ3v) is 6.42. The molecule has 4 nitrogen and oxygen atoms in total. The molecule has 1 fully saturated rings. The number of halogens is 1. The molecule has 0 aromatic carbocycles. The largest absolute Gasteiger partial charge is 0.281 e. The minimum atomic E-state index is -3.29. The first kappa shape index (κ1) is 16.2. The van der Waals surface area contributed by atoms with Gasteiger partial charge < -0.3 is 0 Å². The summed E-state index contributed by atoms with van der Waals surface area (Å²) < 4.78 is 28.1. The molecule has 18 heavy (non-hydrogen) atoms. The van der Waals surface area contributed by atoms with Crippen molar-refractivity contribution in [2.75, 3.05) is 26.0 Å². The van der Waals surface area contributed by atoms with Gasteiger partial charge in [-0.3, -0.25) is 0 Å². The van der Waals surface area contributed by atoms with Crippen LogP contribution in [0.2, 0.25) is 0 Å². The molecule has 0 aromatic rings. The summed E-state index contributed by atoms with van der Waals surface area (Å²) in [4.78, 5) is 0. The fraction of sp³-hybridized carbons (Fsp3) is 1.00. The normalized spacial score (nSPS) is 19.9. The maximum absolute atomic E-state index is 12.5. The van der Waals surface area contributed by atoms with Gasteiger partial charge >= 0.3 is 0 Å². The van der Waals surface area contributed by atoms with Gasteiger partial charge in [-0.15, -0.1) is 11.6 Å². The van der Waals surface area contributed by atoms with Crippen molar-refractivity contribution in [3.63, 3.8) is 0 Å². The molecule has 1 heterocycles. The summed E-state index contributed by atoms with van der Waals surface area (Å²) in [5, 5.41) is 0. The van der Waals surface area contributed by atoms with E-state index >= 15 is 0 Å². The van der Waals surface area contributed by atoms with Gasteiger partial charge in [0.15, 0.2) is 0 Å². The highest BCUT2D eigenvalue weighted by molar-refractivity contribution is 7.86. The van der Waals surface area contributed by atoms with E-state index in [0.29, 0.717) is 24.9 Å². The van der Waals surface area contributed by atoms with E-state index in [4.69, 9.17) is 11.6 Å². The average Bonchev–Trinajstić information content (AvgIpc) is 2.40. The third-order valence-electron chi connectivity index (χ3n) is 3.94. The Morgan fingerprint density at radius 3 is 2.17 bits per heavy atom. The molecule has 0 radical (unpaired) electrons. The Morgan fingerprint density at radius 2 is 1.78 bits per heavy atom. The van der Waals surface area contributed by atoms with Gasteiger partial charge in [0.05, 0.1) is 0 Å². The standard InChI is InChI=1S/C12H25ClN2O2S/c1-4-12(5-2)14(3)18(16,17)15-8-6-11(10-13)7-9-15/h11-12H,4-10H2,1-3H3. The van der Waals surface area contributed by atoms with Crippen molar-refractivity contribution in [3.05, 3.63) is 0 Å². The van der Waals surface area contributed by atoms with Gasteiger partial charge in [0.1, 0.15) is 0 Å². The minimum absolute atomic E-state index is 0.0979. The van der Waals surface area contributed by atoms with Gasteiger partial charge in [-0.05, 0) is 31.6 Å². The van der Waals surface area contributed by atoms with E-state index < -0.39 is 10.2 Å². The van der Waals surface area contributed by atoms with Gasteiger partial charge in [0.2, 0.25) is 0 Å². The zero-order valence-electron chi connectivity index (χ0n) is 11.6. The van der Waals surface area contributed by atoms with Crippen molar-refractivity contribution in [1.82, 2.24) is 8.61 Å². The number of hydrogen-bond acceptors (Lipinski definition) is 2. The van der Waals surface area contributed by atoms with Gasteiger partial charge in [-0.2, -0.15) is 17.0 Å². The van der Waals surface area contributed by atoms with E-state index in [1.165, 1.54) is 4.31 Å². The molecule has 108 valence electrons. The van der Waals surface area contributed by atoms with Crippen molar-refractivity contribution < 1.29 is 8.42 Å². The van der Waals surface area contributed by atoms with Gasteiger partial charge in [0, 0.05) is 32.1 Å². The summed E-state index contributed by atoms with van der Waals surface area (Å²) in [7, 11) is -1.60. The molecule has 0 bridgehead atoms. The number of rotatable bonds is 6. The lowest BCUT2D eigenvalue weighted by Crippen LogP contribution is -2.49. The lowest BCUT2D eigenvalue weighted by atomic mass is 10.0. The molecule has 0 N–H and O–H groups in total. The molecule has 0 atom stereocenters. The van der Waals surface area contributed by atoms with Crippen LogP contribution in [-0.2, 0) is 10.2 Å². The maximum atomic E-state index is 12.5. The molecule has 0 aliphatic carbocycles. The van der Waals surface area contributed by atoms with Crippen molar-refractivity contribution in [2.45, 2.75) is 45.6 Å². The molecule has 0 amide bonds. The molecular weight excluding hydrogens is 272 g/mol. The highest BCUT2D eigenvalue weighted by atomic mass is 35.5. The molecule has 6 heteroatoms. The molecule has 0 unspecified atom stereocenters. The molecule has 1 aliphatic rings. The Balaban J connectivity index is 2.69. The summed E-state index contributed by atoms with van der Waals surface area (Å²) in [5.74, 6) is 1.10. The van der Waals surface area contributed by atoms with Crippen LogP contribution >= 0.6 is 11.6 Å². The number of piperidine rings is 1. The second kappa shape index (κ2) is 7.08. The minimum Gasteiger partial charge on any atom is -0.195 e. The maximum Gasteiger partial charge on any atom is 0.281 e. The number of hydrogen-bond donors (Lipinski definition) is 0. The fourth-order valence-electron chi connectivity index (χ4n) is 2.47. The van der Waals surface area contributed by atoms with Crippen LogP contribution in [0.3, 0.4) is 0 Å². The first-order valence-electron chi connectivity index (χ1n) is 6.76. The number of nitrogens with zero attached hydrogens (tertiary/aromatic N) is 2. The first-order valence-corrected chi connectivity index (χ1v) is 8.69. The molecule has 1 rings (SSSR count). The zero-order chi connectivity index (χ0) is 13.8. The summed E-state index contributed by atoms with van der Waals surface area (Å²) >= 11 is 5.82. The van der Waals surface area contributed by atoms with E-state index in [-0.39, 0.29) is 6.04 Å². The fourth-order valence-corrected chi connectivity index (χ4v) is 4.49. The van der Waals surface area contributed by atoms with Crippen LogP contribution in [-0.4, -0.2) is 49.1 Å². The van der Waals surface area contributed by atoms with Gasteiger partial charge in [-0.25, -0.2) is 0 Å². The smallest absolute Gasteiger partial charge is 0.195 e. The van der Waals surface area contributed by atoms with Crippen molar-refractivity contribution in [2.24, 2.45) is 5.92 Å². The average molecular weight is 297 g/mol. The van der Waals surface area contributed by atoms with Crippen LogP contribution < -0.4 is 0 Å².